The quantitative estimate of drug-likeness (QED) is 0.290. The summed E-state index contributed by atoms with van der Waals surface area (Å²) >= 11 is 7.62. The molecule has 0 amide bonds. The fourth-order valence-corrected chi connectivity index (χ4v) is 4.52. The molecule has 0 saturated heterocycles. The summed E-state index contributed by atoms with van der Waals surface area (Å²) in [4.78, 5) is 17.6. The maximum absolute atomic E-state index is 14.1. The van der Waals surface area contributed by atoms with Crippen LogP contribution in [0.1, 0.15) is 44.9 Å². The van der Waals surface area contributed by atoms with Gasteiger partial charge in [-0.3, -0.25) is 0 Å². The lowest BCUT2D eigenvalue weighted by molar-refractivity contribution is -0.143. The Morgan fingerprint density at radius 3 is 2.66 bits per heavy atom. The van der Waals surface area contributed by atoms with Gasteiger partial charge in [0.05, 0.1) is 16.7 Å². The van der Waals surface area contributed by atoms with E-state index in [1.807, 2.05) is 39.8 Å². The average molecular weight is 517 g/mol. The number of esters is 1. The van der Waals surface area contributed by atoms with Crippen molar-refractivity contribution in [3.63, 3.8) is 0 Å². The Hall–Kier alpha value is -3.04. The van der Waals surface area contributed by atoms with Crippen molar-refractivity contribution in [3.8, 4) is 5.75 Å². The SMILES string of the molecule is CCSc1nc2n(n1)C(c1ccc(OCc3c(F)cccc3Cl)cc1)C(C(=O)OC(C)C)=C(C)N2. The van der Waals surface area contributed by atoms with Crippen molar-refractivity contribution in [1.82, 2.24) is 14.8 Å². The van der Waals surface area contributed by atoms with Gasteiger partial charge in [-0.2, -0.15) is 4.98 Å². The maximum Gasteiger partial charge on any atom is 0.338 e. The monoisotopic (exact) mass is 516 g/mol. The zero-order chi connectivity index (χ0) is 25.1. The number of rotatable bonds is 8. The lowest BCUT2D eigenvalue weighted by Crippen LogP contribution is -2.30. The van der Waals surface area contributed by atoms with Gasteiger partial charge < -0.3 is 14.8 Å². The molecule has 0 radical (unpaired) electrons. The number of ether oxygens (including phenoxy) is 2. The Kier molecular flexibility index (Phi) is 7.66. The van der Waals surface area contributed by atoms with Crippen molar-refractivity contribution in [2.75, 3.05) is 11.1 Å². The van der Waals surface area contributed by atoms with Crippen molar-refractivity contribution >= 4 is 35.3 Å². The third-order valence-electron chi connectivity index (χ3n) is 5.31. The minimum absolute atomic E-state index is 0.00595. The van der Waals surface area contributed by atoms with Crippen LogP contribution in [0.2, 0.25) is 5.02 Å². The minimum atomic E-state index is -0.536. The van der Waals surface area contributed by atoms with Crippen LogP contribution in [0.15, 0.2) is 58.9 Å². The van der Waals surface area contributed by atoms with Crippen molar-refractivity contribution in [3.05, 3.63) is 75.7 Å². The first-order chi connectivity index (χ1) is 16.8. The van der Waals surface area contributed by atoms with Crippen LogP contribution in [0.25, 0.3) is 0 Å². The number of anilines is 1. The third-order valence-corrected chi connectivity index (χ3v) is 6.38. The fraction of sp³-hybridized carbons (Fsp3) is 0.320. The number of allylic oxidation sites excluding steroid dienone is 1. The predicted molar refractivity (Wildman–Crippen MR) is 134 cm³/mol. The summed E-state index contributed by atoms with van der Waals surface area (Å²) in [6.45, 7) is 7.46. The molecule has 0 saturated carbocycles. The van der Waals surface area contributed by atoms with E-state index in [-0.39, 0.29) is 12.7 Å². The molecule has 1 unspecified atom stereocenters. The van der Waals surface area contributed by atoms with Crippen molar-refractivity contribution in [2.24, 2.45) is 0 Å². The number of halogens is 2. The summed E-state index contributed by atoms with van der Waals surface area (Å²) in [6.07, 6.45) is -0.271. The molecule has 1 aliphatic rings. The van der Waals surface area contributed by atoms with E-state index in [1.165, 1.54) is 17.8 Å². The molecule has 0 aliphatic carbocycles. The lowest BCUT2D eigenvalue weighted by atomic mass is 9.95. The van der Waals surface area contributed by atoms with Gasteiger partial charge >= 0.3 is 5.97 Å². The Labute approximate surface area is 212 Å². The van der Waals surface area contributed by atoms with Crippen LogP contribution >= 0.6 is 23.4 Å². The molecule has 0 spiro atoms. The van der Waals surface area contributed by atoms with Gasteiger partial charge in [-0.1, -0.05) is 48.5 Å². The molecule has 1 atom stereocenters. The number of carbonyl (C=O) groups is 1. The van der Waals surface area contributed by atoms with Gasteiger partial charge in [-0.25, -0.2) is 13.9 Å². The molecule has 184 valence electrons. The highest BCUT2D eigenvalue weighted by molar-refractivity contribution is 7.99. The average Bonchev–Trinajstić information content (AvgIpc) is 3.20. The summed E-state index contributed by atoms with van der Waals surface area (Å²) in [6, 6.07) is 11.2. The molecule has 2 aromatic carbocycles. The normalized spacial score (nSPS) is 15.1. The van der Waals surface area contributed by atoms with Crippen LogP contribution in [-0.2, 0) is 16.1 Å². The maximum atomic E-state index is 14.1. The Morgan fingerprint density at radius 2 is 2.00 bits per heavy atom. The number of hydrogen-bond donors (Lipinski definition) is 1. The summed E-state index contributed by atoms with van der Waals surface area (Å²) in [7, 11) is 0. The number of carbonyl (C=O) groups excluding carboxylic acids is 1. The molecule has 3 aromatic rings. The van der Waals surface area contributed by atoms with E-state index < -0.39 is 17.8 Å². The number of thioether (sulfide) groups is 1. The highest BCUT2D eigenvalue weighted by atomic mass is 35.5. The van der Waals surface area contributed by atoms with E-state index in [9.17, 15) is 9.18 Å². The zero-order valence-corrected chi connectivity index (χ0v) is 21.4. The molecule has 10 heteroatoms. The number of nitrogens with zero attached hydrogens (tertiary/aromatic N) is 3. The van der Waals surface area contributed by atoms with Crippen LogP contribution in [0.4, 0.5) is 10.3 Å². The Morgan fingerprint density at radius 1 is 1.26 bits per heavy atom. The van der Waals surface area contributed by atoms with Crippen molar-refractivity contribution in [1.29, 1.82) is 0 Å². The summed E-state index contributed by atoms with van der Waals surface area (Å²) in [5.41, 5.74) is 2.21. The van der Waals surface area contributed by atoms with Gasteiger partial charge in [0, 0.05) is 11.3 Å². The largest absolute Gasteiger partial charge is 0.489 e. The van der Waals surface area contributed by atoms with Crippen molar-refractivity contribution < 1.29 is 18.7 Å². The molecular weight excluding hydrogens is 491 g/mol. The first kappa shape index (κ1) is 25.1. The highest BCUT2D eigenvalue weighted by Crippen LogP contribution is 2.37. The first-order valence-corrected chi connectivity index (χ1v) is 12.6. The molecule has 1 N–H and O–H groups in total. The number of benzene rings is 2. The van der Waals surface area contributed by atoms with E-state index in [2.05, 4.69) is 15.4 Å². The predicted octanol–water partition coefficient (Wildman–Crippen LogP) is 6.00. The van der Waals surface area contributed by atoms with Crippen LogP contribution in [0.3, 0.4) is 0 Å². The van der Waals surface area contributed by atoms with Crippen LogP contribution < -0.4 is 10.1 Å². The Balaban J connectivity index is 1.65. The van der Waals surface area contributed by atoms with Gasteiger partial charge in [0.1, 0.15) is 24.2 Å². The molecular formula is C25H26ClFN4O3S. The molecule has 35 heavy (non-hydrogen) atoms. The first-order valence-electron chi connectivity index (χ1n) is 11.2. The number of nitrogens with one attached hydrogen (secondary N) is 1. The molecule has 4 rings (SSSR count). The summed E-state index contributed by atoms with van der Waals surface area (Å²) in [5.74, 6) is 1.07. The van der Waals surface area contributed by atoms with Crippen LogP contribution in [-0.4, -0.2) is 32.6 Å². The summed E-state index contributed by atoms with van der Waals surface area (Å²) < 4.78 is 27.1. The molecule has 0 fully saturated rings. The molecule has 7 nitrogen and oxygen atoms in total. The second-order valence-corrected chi connectivity index (χ2v) is 9.81. The standard InChI is InChI=1S/C25H26ClFN4O3S/c1-5-35-25-29-24-28-15(4)21(23(32)34-14(2)3)22(31(24)30-25)16-9-11-17(12-10-16)33-13-18-19(26)7-6-8-20(18)27/h6-12,14,22H,5,13H2,1-4H3,(H,28,29,30). The zero-order valence-electron chi connectivity index (χ0n) is 19.8. The second-order valence-electron chi connectivity index (χ2n) is 8.17. The minimum Gasteiger partial charge on any atom is -0.489 e. The molecule has 2 heterocycles. The van der Waals surface area contributed by atoms with Gasteiger partial charge in [-0.15, -0.1) is 5.10 Å². The topological polar surface area (TPSA) is 78.3 Å². The van der Waals surface area contributed by atoms with E-state index in [4.69, 9.17) is 21.1 Å². The fourth-order valence-electron chi connectivity index (χ4n) is 3.74. The van der Waals surface area contributed by atoms with Gasteiger partial charge in [0.15, 0.2) is 0 Å². The molecule has 1 aliphatic heterocycles. The van der Waals surface area contributed by atoms with E-state index in [1.54, 1.807) is 28.9 Å². The van der Waals surface area contributed by atoms with Gasteiger partial charge in [0.2, 0.25) is 11.1 Å². The van der Waals surface area contributed by atoms with Gasteiger partial charge in [0.25, 0.3) is 0 Å². The smallest absolute Gasteiger partial charge is 0.338 e. The molecule has 1 aromatic heterocycles. The van der Waals surface area contributed by atoms with Gasteiger partial charge in [-0.05, 0) is 56.4 Å². The second kappa shape index (κ2) is 10.7. The van der Waals surface area contributed by atoms with Crippen LogP contribution in [0, 0.1) is 5.82 Å². The van der Waals surface area contributed by atoms with Crippen LogP contribution in [0.5, 0.6) is 5.75 Å². The number of hydrogen-bond acceptors (Lipinski definition) is 7. The molecule has 0 bridgehead atoms. The highest BCUT2D eigenvalue weighted by Gasteiger charge is 2.35. The Bertz CT molecular complexity index is 1240. The number of aromatic nitrogens is 3. The number of fused-ring (bicyclic) bond motifs is 1. The van der Waals surface area contributed by atoms with Crippen molar-refractivity contribution in [2.45, 2.75) is 51.6 Å². The lowest BCUT2D eigenvalue weighted by Gasteiger charge is -2.28. The van der Waals surface area contributed by atoms with E-state index in [0.717, 1.165) is 11.3 Å². The van der Waals surface area contributed by atoms with E-state index >= 15 is 0 Å². The summed E-state index contributed by atoms with van der Waals surface area (Å²) in [5, 5.41) is 8.75. The van der Waals surface area contributed by atoms with E-state index in [0.29, 0.717) is 38.7 Å². The third kappa shape index (κ3) is 5.46.